The maximum absolute atomic E-state index is 12.7. The third-order valence-corrected chi connectivity index (χ3v) is 6.29. The number of carbonyl (C=O) groups excluding carboxylic acids is 1. The predicted molar refractivity (Wildman–Crippen MR) is 122 cm³/mol. The third kappa shape index (κ3) is 6.32. The smallest absolute Gasteiger partial charge is 0.253 e. The second-order valence-electron chi connectivity index (χ2n) is 7.55. The molecule has 1 fully saturated rings. The SMILES string of the molecule is CCNC(=NCc1cccc(C(=O)N2CCCCC2)c1)NCC(C)c1cccs1. The molecule has 1 aliphatic rings. The van der Waals surface area contributed by atoms with E-state index in [2.05, 4.69) is 42.0 Å². The molecular weight excluding hydrogens is 380 g/mol. The first kappa shape index (κ1) is 21.4. The molecule has 0 aliphatic carbocycles. The van der Waals surface area contributed by atoms with E-state index in [1.165, 1.54) is 11.3 Å². The van der Waals surface area contributed by atoms with Crippen molar-refractivity contribution in [3.63, 3.8) is 0 Å². The van der Waals surface area contributed by atoms with Gasteiger partial charge in [0.05, 0.1) is 6.54 Å². The number of hydrogen-bond donors (Lipinski definition) is 2. The van der Waals surface area contributed by atoms with Crippen LogP contribution in [0.2, 0.25) is 0 Å². The van der Waals surface area contributed by atoms with Crippen molar-refractivity contribution in [3.05, 3.63) is 57.8 Å². The summed E-state index contributed by atoms with van der Waals surface area (Å²) in [4.78, 5) is 20.8. The Bertz CT molecular complexity index is 797. The largest absolute Gasteiger partial charge is 0.357 e. The van der Waals surface area contributed by atoms with Crippen molar-refractivity contribution in [2.45, 2.75) is 45.6 Å². The molecule has 3 rings (SSSR count). The minimum absolute atomic E-state index is 0.144. The highest BCUT2D eigenvalue weighted by Crippen LogP contribution is 2.19. The average Bonchev–Trinajstić information content (AvgIpc) is 3.31. The van der Waals surface area contributed by atoms with Crippen LogP contribution >= 0.6 is 11.3 Å². The van der Waals surface area contributed by atoms with Crippen LogP contribution in [0, 0.1) is 0 Å². The summed E-state index contributed by atoms with van der Waals surface area (Å²) >= 11 is 1.79. The van der Waals surface area contributed by atoms with Crippen molar-refractivity contribution >= 4 is 23.2 Å². The van der Waals surface area contributed by atoms with Gasteiger partial charge in [-0.25, -0.2) is 4.99 Å². The van der Waals surface area contributed by atoms with Crippen LogP contribution in [0.25, 0.3) is 0 Å². The van der Waals surface area contributed by atoms with Gasteiger partial charge in [-0.05, 0) is 55.3 Å². The van der Waals surface area contributed by atoms with E-state index in [-0.39, 0.29) is 5.91 Å². The van der Waals surface area contributed by atoms with Gasteiger partial charge in [0.15, 0.2) is 5.96 Å². The fourth-order valence-electron chi connectivity index (χ4n) is 3.52. The molecule has 1 amide bonds. The monoisotopic (exact) mass is 412 g/mol. The molecular formula is C23H32N4OS. The van der Waals surface area contributed by atoms with Crippen LogP contribution in [0.15, 0.2) is 46.8 Å². The number of thiophene rings is 1. The fourth-order valence-corrected chi connectivity index (χ4v) is 4.30. The van der Waals surface area contributed by atoms with Crippen LogP contribution < -0.4 is 10.6 Å². The van der Waals surface area contributed by atoms with E-state index in [1.54, 1.807) is 11.3 Å². The first-order valence-corrected chi connectivity index (χ1v) is 11.5. The van der Waals surface area contributed by atoms with Gasteiger partial charge in [-0.15, -0.1) is 11.3 Å². The van der Waals surface area contributed by atoms with Crippen molar-refractivity contribution in [3.8, 4) is 0 Å². The van der Waals surface area contributed by atoms with E-state index in [9.17, 15) is 4.79 Å². The Morgan fingerprint density at radius 1 is 1.17 bits per heavy atom. The lowest BCUT2D eigenvalue weighted by Crippen LogP contribution is -2.39. The molecule has 0 spiro atoms. The number of amides is 1. The Morgan fingerprint density at radius 2 is 2.00 bits per heavy atom. The van der Waals surface area contributed by atoms with Gasteiger partial charge in [0.1, 0.15) is 0 Å². The predicted octanol–water partition coefficient (Wildman–Crippen LogP) is 4.23. The summed E-state index contributed by atoms with van der Waals surface area (Å²) in [5.41, 5.74) is 1.82. The minimum atomic E-state index is 0.144. The Balaban J connectivity index is 1.60. The van der Waals surface area contributed by atoms with Crippen molar-refractivity contribution in [2.75, 3.05) is 26.2 Å². The lowest BCUT2D eigenvalue weighted by molar-refractivity contribution is 0.0724. The van der Waals surface area contributed by atoms with Crippen LogP contribution in [0.4, 0.5) is 0 Å². The molecule has 156 valence electrons. The quantitative estimate of drug-likeness (QED) is 0.528. The second kappa shape index (κ2) is 11.0. The van der Waals surface area contributed by atoms with Crippen LogP contribution in [0.3, 0.4) is 0 Å². The number of carbonyl (C=O) groups is 1. The van der Waals surface area contributed by atoms with E-state index in [4.69, 9.17) is 4.99 Å². The first-order chi connectivity index (χ1) is 14.2. The zero-order valence-corrected chi connectivity index (χ0v) is 18.3. The molecule has 0 bridgehead atoms. The van der Waals surface area contributed by atoms with Crippen LogP contribution in [-0.2, 0) is 6.54 Å². The Hall–Kier alpha value is -2.34. The summed E-state index contributed by atoms with van der Waals surface area (Å²) < 4.78 is 0. The van der Waals surface area contributed by atoms with Crippen molar-refractivity contribution in [1.82, 2.24) is 15.5 Å². The van der Waals surface area contributed by atoms with Crippen molar-refractivity contribution in [1.29, 1.82) is 0 Å². The van der Waals surface area contributed by atoms with Crippen molar-refractivity contribution in [2.24, 2.45) is 4.99 Å². The molecule has 0 saturated carbocycles. The van der Waals surface area contributed by atoms with Gasteiger partial charge < -0.3 is 15.5 Å². The van der Waals surface area contributed by atoms with Gasteiger partial charge in [0.2, 0.25) is 0 Å². The summed E-state index contributed by atoms with van der Waals surface area (Å²) in [7, 11) is 0. The molecule has 2 N–H and O–H groups in total. The zero-order valence-electron chi connectivity index (χ0n) is 17.5. The van der Waals surface area contributed by atoms with Crippen molar-refractivity contribution < 1.29 is 4.79 Å². The highest BCUT2D eigenvalue weighted by molar-refractivity contribution is 7.10. The Kier molecular flexibility index (Phi) is 8.11. The number of benzene rings is 1. The van der Waals surface area contributed by atoms with E-state index >= 15 is 0 Å². The van der Waals surface area contributed by atoms with Gasteiger partial charge in [-0.3, -0.25) is 4.79 Å². The fraction of sp³-hybridized carbons (Fsp3) is 0.478. The maximum Gasteiger partial charge on any atom is 0.253 e. The van der Waals surface area contributed by atoms with Gasteiger partial charge in [0, 0.05) is 42.5 Å². The molecule has 1 aromatic carbocycles. The number of nitrogens with zero attached hydrogens (tertiary/aromatic N) is 2. The average molecular weight is 413 g/mol. The van der Waals surface area contributed by atoms with Gasteiger partial charge in [-0.2, -0.15) is 0 Å². The van der Waals surface area contributed by atoms with E-state index < -0.39 is 0 Å². The number of rotatable bonds is 7. The number of piperidine rings is 1. The molecule has 1 saturated heterocycles. The zero-order chi connectivity index (χ0) is 20.5. The van der Waals surface area contributed by atoms with E-state index in [0.29, 0.717) is 12.5 Å². The summed E-state index contributed by atoms with van der Waals surface area (Å²) in [6.07, 6.45) is 3.44. The lowest BCUT2D eigenvalue weighted by Gasteiger charge is -2.26. The summed E-state index contributed by atoms with van der Waals surface area (Å²) in [5, 5.41) is 8.86. The summed E-state index contributed by atoms with van der Waals surface area (Å²) in [6, 6.07) is 12.2. The molecule has 2 aromatic rings. The number of aliphatic imine (C=N–C) groups is 1. The molecule has 6 heteroatoms. The highest BCUT2D eigenvalue weighted by Gasteiger charge is 2.18. The molecule has 1 aromatic heterocycles. The number of likely N-dealkylation sites (tertiary alicyclic amines) is 1. The lowest BCUT2D eigenvalue weighted by atomic mass is 10.1. The van der Waals surface area contributed by atoms with Crippen LogP contribution in [0.1, 0.15) is 59.8 Å². The highest BCUT2D eigenvalue weighted by atomic mass is 32.1. The number of hydrogen-bond acceptors (Lipinski definition) is 3. The molecule has 1 unspecified atom stereocenters. The molecule has 5 nitrogen and oxygen atoms in total. The Morgan fingerprint density at radius 3 is 2.72 bits per heavy atom. The summed E-state index contributed by atoms with van der Waals surface area (Å²) in [5.74, 6) is 1.39. The second-order valence-corrected chi connectivity index (χ2v) is 8.53. The van der Waals surface area contributed by atoms with Gasteiger partial charge in [0.25, 0.3) is 5.91 Å². The van der Waals surface area contributed by atoms with E-state index in [1.807, 2.05) is 29.2 Å². The minimum Gasteiger partial charge on any atom is -0.357 e. The molecule has 29 heavy (non-hydrogen) atoms. The normalized spacial score (nSPS) is 15.8. The first-order valence-electron chi connectivity index (χ1n) is 10.6. The molecule has 2 heterocycles. The topological polar surface area (TPSA) is 56.7 Å². The molecule has 1 atom stereocenters. The Labute approximate surface area is 178 Å². The maximum atomic E-state index is 12.7. The van der Waals surface area contributed by atoms with Crippen LogP contribution in [-0.4, -0.2) is 42.9 Å². The third-order valence-electron chi connectivity index (χ3n) is 5.19. The number of nitrogens with one attached hydrogen (secondary N) is 2. The van der Waals surface area contributed by atoms with Gasteiger partial charge >= 0.3 is 0 Å². The molecule has 0 radical (unpaired) electrons. The van der Waals surface area contributed by atoms with E-state index in [0.717, 1.165) is 56.1 Å². The summed E-state index contributed by atoms with van der Waals surface area (Å²) in [6.45, 7) is 8.22. The molecule has 1 aliphatic heterocycles. The van der Waals surface area contributed by atoms with Crippen LogP contribution in [0.5, 0.6) is 0 Å². The van der Waals surface area contributed by atoms with Gasteiger partial charge in [-0.1, -0.05) is 25.1 Å². The standard InChI is InChI=1S/C23H32N4OS/c1-3-24-23(25-16-18(2)21-11-8-14-29-21)26-17-19-9-7-10-20(15-19)22(28)27-12-5-4-6-13-27/h7-11,14-15,18H,3-6,12-13,16-17H2,1-2H3,(H2,24,25,26). The number of guanidine groups is 1.